The summed E-state index contributed by atoms with van der Waals surface area (Å²) < 4.78 is 0. The van der Waals surface area contributed by atoms with E-state index in [4.69, 9.17) is 0 Å². The lowest BCUT2D eigenvalue weighted by Gasteiger charge is -2.14. The molecule has 4 nitrogen and oxygen atoms in total. The van der Waals surface area contributed by atoms with Crippen LogP contribution in [0.2, 0.25) is 0 Å². The molecule has 1 amide bonds. The van der Waals surface area contributed by atoms with Gasteiger partial charge in [0.1, 0.15) is 9.88 Å². The summed E-state index contributed by atoms with van der Waals surface area (Å²) in [6.07, 6.45) is 3.16. The summed E-state index contributed by atoms with van der Waals surface area (Å²) >= 11 is 3.11. The van der Waals surface area contributed by atoms with Gasteiger partial charge in [-0.25, -0.2) is 4.98 Å². The molecule has 3 rings (SSSR count). The Hall–Kier alpha value is -0.920. The molecule has 0 aromatic carbocycles. The summed E-state index contributed by atoms with van der Waals surface area (Å²) in [4.78, 5) is 18.7. The first-order chi connectivity index (χ1) is 10.2. The van der Waals surface area contributed by atoms with Crippen LogP contribution in [0.15, 0.2) is 29.2 Å². The lowest BCUT2D eigenvalue weighted by Crippen LogP contribution is -2.29. The van der Waals surface area contributed by atoms with E-state index in [1.807, 2.05) is 24.4 Å². The molecule has 0 bridgehead atoms. The minimum absolute atomic E-state index is 0. The van der Waals surface area contributed by atoms with E-state index in [0.29, 0.717) is 11.4 Å². The van der Waals surface area contributed by atoms with Crippen LogP contribution >= 0.6 is 47.5 Å². The highest BCUT2D eigenvalue weighted by Crippen LogP contribution is 2.30. The predicted octanol–water partition coefficient (Wildman–Crippen LogP) is 3.67. The van der Waals surface area contributed by atoms with Gasteiger partial charge in [0, 0.05) is 13.1 Å². The molecule has 1 aliphatic rings. The van der Waals surface area contributed by atoms with E-state index in [2.05, 4.69) is 21.7 Å². The maximum Gasteiger partial charge on any atom is 0.263 e. The molecule has 1 aliphatic heterocycles. The number of amides is 1. The Bertz CT molecular complexity index is 668. The monoisotopic (exact) mass is 391 g/mol. The molecule has 2 aromatic rings. The second-order valence-corrected chi connectivity index (χ2v) is 6.86. The number of halogens is 2. The average molecular weight is 392 g/mol. The maximum absolute atomic E-state index is 12.3. The molecule has 0 atom stereocenters. The third kappa shape index (κ3) is 5.02. The molecule has 8 heteroatoms. The van der Waals surface area contributed by atoms with E-state index < -0.39 is 0 Å². The van der Waals surface area contributed by atoms with Crippen molar-refractivity contribution in [3.63, 3.8) is 0 Å². The first kappa shape index (κ1) is 20.1. The van der Waals surface area contributed by atoms with Gasteiger partial charge in [-0.2, -0.15) is 0 Å². The van der Waals surface area contributed by atoms with Gasteiger partial charge in [-0.05, 0) is 31.3 Å². The molecule has 0 saturated heterocycles. The zero-order valence-electron chi connectivity index (χ0n) is 12.6. The maximum atomic E-state index is 12.3. The largest absolute Gasteiger partial charge is 0.348 e. The standard InChI is InChI=1S/C15H17N3OS2.2ClH/c1-10-13(21-15(18-10)12-3-2-8-20-12)14(19)17-9-11-4-6-16-7-5-11;;/h2-4,8,16H,5-7,9H2,1H3,(H,17,19);2*1H. The van der Waals surface area contributed by atoms with Crippen LogP contribution in [0.1, 0.15) is 21.8 Å². The summed E-state index contributed by atoms with van der Waals surface area (Å²) in [5.41, 5.74) is 2.10. The smallest absolute Gasteiger partial charge is 0.263 e. The van der Waals surface area contributed by atoms with Crippen LogP contribution in [-0.2, 0) is 0 Å². The van der Waals surface area contributed by atoms with Crippen LogP contribution < -0.4 is 10.6 Å². The van der Waals surface area contributed by atoms with E-state index in [1.54, 1.807) is 11.3 Å². The summed E-state index contributed by atoms with van der Waals surface area (Å²) in [7, 11) is 0. The van der Waals surface area contributed by atoms with Crippen LogP contribution in [0.5, 0.6) is 0 Å². The van der Waals surface area contributed by atoms with Crippen molar-refractivity contribution in [2.24, 2.45) is 0 Å². The molecule has 2 N–H and O–H groups in total. The van der Waals surface area contributed by atoms with Crippen LogP contribution in [0.3, 0.4) is 0 Å². The zero-order valence-corrected chi connectivity index (χ0v) is 15.9. The van der Waals surface area contributed by atoms with Crippen LogP contribution in [0, 0.1) is 6.92 Å². The van der Waals surface area contributed by atoms with Gasteiger partial charge >= 0.3 is 0 Å². The van der Waals surface area contributed by atoms with Gasteiger partial charge in [0.15, 0.2) is 0 Å². The number of thiazole rings is 1. The molecule has 23 heavy (non-hydrogen) atoms. The number of hydrogen-bond acceptors (Lipinski definition) is 5. The molecule has 0 saturated carbocycles. The Morgan fingerprint density at radius 1 is 1.43 bits per heavy atom. The molecule has 126 valence electrons. The highest BCUT2D eigenvalue weighted by molar-refractivity contribution is 7.22. The third-order valence-electron chi connectivity index (χ3n) is 3.37. The molecule has 0 aliphatic carbocycles. The molecule has 0 fully saturated rings. The van der Waals surface area contributed by atoms with E-state index in [9.17, 15) is 4.79 Å². The average Bonchev–Trinajstić information content (AvgIpc) is 3.15. The minimum Gasteiger partial charge on any atom is -0.348 e. The number of aryl methyl sites for hydroxylation is 1. The number of nitrogens with one attached hydrogen (secondary N) is 2. The van der Waals surface area contributed by atoms with Gasteiger partial charge in [-0.1, -0.05) is 17.7 Å². The highest BCUT2D eigenvalue weighted by atomic mass is 35.5. The topological polar surface area (TPSA) is 54.0 Å². The normalized spacial score (nSPS) is 13.5. The SMILES string of the molecule is Cc1nc(-c2cccs2)sc1C(=O)NCC1=CCNCC1.Cl.Cl. The van der Waals surface area contributed by atoms with Gasteiger partial charge in [0.2, 0.25) is 0 Å². The summed E-state index contributed by atoms with van der Waals surface area (Å²) in [5.74, 6) is -0.0211. The number of hydrogen-bond donors (Lipinski definition) is 2. The number of carbonyl (C=O) groups is 1. The van der Waals surface area contributed by atoms with Crippen molar-refractivity contribution in [2.75, 3.05) is 19.6 Å². The van der Waals surface area contributed by atoms with Crippen molar-refractivity contribution < 1.29 is 4.79 Å². The van der Waals surface area contributed by atoms with Gasteiger partial charge in [0.25, 0.3) is 5.91 Å². The fraction of sp³-hybridized carbons (Fsp3) is 0.333. The quantitative estimate of drug-likeness (QED) is 0.781. The van der Waals surface area contributed by atoms with Crippen molar-refractivity contribution in [2.45, 2.75) is 13.3 Å². The Balaban J connectivity index is 0.00000132. The van der Waals surface area contributed by atoms with E-state index >= 15 is 0 Å². The summed E-state index contributed by atoms with van der Waals surface area (Å²) in [5, 5.41) is 9.22. The van der Waals surface area contributed by atoms with Crippen LogP contribution in [0.25, 0.3) is 9.88 Å². The number of aromatic nitrogens is 1. The molecule has 3 heterocycles. The van der Waals surface area contributed by atoms with E-state index in [1.165, 1.54) is 16.9 Å². The van der Waals surface area contributed by atoms with Gasteiger partial charge in [-0.15, -0.1) is 47.5 Å². The van der Waals surface area contributed by atoms with Gasteiger partial charge in [0.05, 0.1) is 10.6 Å². The molecule has 0 spiro atoms. The molecular weight excluding hydrogens is 373 g/mol. The molecular formula is C15H19Cl2N3OS2. The number of carbonyl (C=O) groups excluding carboxylic acids is 1. The van der Waals surface area contributed by atoms with E-state index in [0.717, 1.165) is 35.1 Å². The van der Waals surface area contributed by atoms with Crippen molar-refractivity contribution in [1.82, 2.24) is 15.6 Å². The number of thiophene rings is 1. The number of rotatable bonds is 4. The minimum atomic E-state index is -0.0211. The lowest BCUT2D eigenvalue weighted by molar-refractivity contribution is 0.0960. The summed E-state index contributed by atoms with van der Waals surface area (Å²) in [6, 6.07) is 4.03. The second kappa shape index (κ2) is 9.39. The Morgan fingerprint density at radius 3 is 2.91 bits per heavy atom. The second-order valence-electron chi connectivity index (χ2n) is 4.91. The zero-order chi connectivity index (χ0) is 14.7. The fourth-order valence-corrected chi connectivity index (χ4v) is 4.00. The Kier molecular flexibility index (Phi) is 8.22. The Labute approximate surface area is 156 Å². The van der Waals surface area contributed by atoms with Crippen molar-refractivity contribution >= 4 is 53.4 Å². The first-order valence-corrected chi connectivity index (χ1v) is 8.62. The number of nitrogens with zero attached hydrogens (tertiary/aromatic N) is 1. The molecule has 0 unspecified atom stereocenters. The Morgan fingerprint density at radius 2 is 2.26 bits per heavy atom. The highest BCUT2D eigenvalue weighted by Gasteiger charge is 2.16. The van der Waals surface area contributed by atoms with Crippen LogP contribution in [0.4, 0.5) is 0 Å². The molecule has 0 radical (unpaired) electrons. The molecule has 2 aromatic heterocycles. The third-order valence-corrected chi connectivity index (χ3v) is 5.56. The van der Waals surface area contributed by atoms with E-state index in [-0.39, 0.29) is 30.7 Å². The lowest BCUT2D eigenvalue weighted by atomic mass is 10.1. The first-order valence-electron chi connectivity index (χ1n) is 6.92. The summed E-state index contributed by atoms with van der Waals surface area (Å²) in [6.45, 7) is 4.41. The van der Waals surface area contributed by atoms with Gasteiger partial charge < -0.3 is 10.6 Å². The van der Waals surface area contributed by atoms with Crippen LogP contribution in [-0.4, -0.2) is 30.5 Å². The fourth-order valence-electron chi connectivity index (χ4n) is 2.22. The van der Waals surface area contributed by atoms with Crippen molar-refractivity contribution in [1.29, 1.82) is 0 Å². The van der Waals surface area contributed by atoms with Crippen molar-refractivity contribution in [3.05, 3.63) is 39.7 Å². The van der Waals surface area contributed by atoms with Crippen molar-refractivity contribution in [3.8, 4) is 9.88 Å². The predicted molar refractivity (Wildman–Crippen MR) is 103 cm³/mol. The van der Waals surface area contributed by atoms with Gasteiger partial charge in [-0.3, -0.25) is 4.79 Å².